The molecule has 0 amide bonds. The number of hydrogen-bond acceptors (Lipinski definition) is 3. The zero-order valence-corrected chi connectivity index (χ0v) is 14.2. The fourth-order valence-electron chi connectivity index (χ4n) is 4.17. The van der Waals surface area contributed by atoms with E-state index < -0.39 is 11.5 Å². The lowest BCUT2D eigenvalue weighted by Crippen LogP contribution is -2.39. The van der Waals surface area contributed by atoms with E-state index in [4.69, 9.17) is 4.74 Å². The van der Waals surface area contributed by atoms with Crippen LogP contribution in [0.1, 0.15) is 40.0 Å². The second kappa shape index (κ2) is 5.55. The zero-order chi connectivity index (χ0) is 16.0. The molecule has 0 saturated heterocycles. The Balaban J connectivity index is 1.63. The molecule has 1 unspecified atom stereocenters. The largest absolute Gasteiger partial charge is 0.459 e. The summed E-state index contributed by atoms with van der Waals surface area (Å²) in [5.74, 6) is -0.154. The van der Waals surface area contributed by atoms with Gasteiger partial charge in [-0.3, -0.25) is 0 Å². The van der Waals surface area contributed by atoms with Crippen LogP contribution in [0.25, 0.3) is 0 Å². The van der Waals surface area contributed by atoms with E-state index in [1.54, 1.807) is 12.1 Å². The minimum Gasteiger partial charge on any atom is -0.459 e. The Hall–Kier alpha value is -1.03. The van der Waals surface area contributed by atoms with Crippen molar-refractivity contribution in [2.45, 2.75) is 56.5 Å². The van der Waals surface area contributed by atoms with Gasteiger partial charge < -0.3 is 4.74 Å². The number of hydrogen-bond donors (Lipinski definition) is 0. The summed E-state index contributed by atoms with van der Waals surface area (Å²) in [5, 5.41) is 0. The van der Waals surface area contributed by atoms with Gasteiger partial charge in [0.05, 0.1) is 0 Å². The number of fused-ring (bicyclic) bond motifs is 2. The lowest BCUT2D eigenvalue weighted by atomic mass is 9.70. The molecule has 4 heteroatoms. The molecular formula is C18H23FO2S. The quantitative estimate of drug-likeness (QED) is 0.586. The van der Waals surface area contributed by atoms with Gasteiger partial charge in [0.2, 0.25) is 5.50 Å². The average Bonchev–Trinajstić information content (AvgIpc) is 2.81. The maximum atomic E-state index is 14.2. The normalized spacial score (nSPS) is 33.6. The molecule has 2 fully saturated rings. The van der Waals surface area contributed by atoms with E-state index in [1.807, 2.05) is 18.2 Å². The molecule has 4 atom stereocenters. The molecule has 2 aliphatic carbocycles. The minimum absolute atomic E-state index is 0.0234. The Bertz CT molecular complexity index is 559. The number of ether oxygens (including phenoxy) is 1. The van der Waals surface area contributed by atoms with Crippen molar-refractivity contribution in [3.05, 3.63) is 30.3 Å². The molecule has 0 radical (unpaired) electrons. The molecule has 1 aromatic rings. The van der Waals surface area contributed by atoms with E-state index in [-0.39, 0.29) is 16.9 Å². The number of carbonyl (C=O) groups excluding carboxylic acids is 1. The number of benzene rings is 1. The second-order valence-corrected chi connectivity index (χ2v) is 8.40. The van der Waals surface area contributed by atoms with Crippen molar-refractivity contribution >= 4 is 17.7 Å². The first kappa shape index (κ1) is 15.9. The van der Waals surface area contributed by atoms with Gasteiger partial charge in [-0.05, 0) is 42.7 Å². The van der Waals surface area contributed by atoms with E-state index in [1.165, 1.54) is 6.42 Å². The molecule has 2 nitrogen and oxygen atoms in total. The molecule has 2 aliphatic rings. The van der Waals surface area contributed by atoms with E-state index in [9.17, 15) is 9.18 Å². The van der Waals surface area contributed by atoms with Crippen molar-refractivity contribution in [2.75, 3.05) is 0 Å². The van der Waals surface area contributed by atoms with Crippen LogP contribution in [0, 0.1) is 16.7 Å². The van der Waals surface area contributed by atoms with Gasteiger partial charge in [0.25, 0.3) is 0 Å². The number of thioether (sulfide) groups is 1. The number of rotatable bonds is 4. The highest BCUT2D eigenvalue weighted by Crippen LogP contribution is 2.66. The van der Waals surface area contributed by atoms with Gasteiger partial charge in [0.15, 0.2) is 0 Å². The molecule has 0 aliphatic heterocycles. The molecule has 0 aromatic heterocycles. The highest BCUT2D eigenvalue weighted by atomic mass is 32.2. The molecule has 120 valence electrons. The van der Waals surface area contributed by atoms with Crippen LogP contribution in [-0.2, 0) is 9.53 Å². The van der Waals surface area contributed by atoms with Crippen LogP contribution >= 0.6 is 11.8 Å². The SMILES string of the molecule is CC1(C)[C@@H]2CC[C@]1(C)[C@H](OC(=O)C(F)Sc1ccccc1)C2. The third-order valence-electron chi connectivity index (χ3n) is 6.14. The predicted octanol–water partition coefficient (Wildman–Crippen LogP) is 4.83. The van der Waals surface area contributed by atoms with Gasteiger partial charge in [-0.1, -0.05) is 50.7 Å². The molecule has 1 aromatic carbocycles. The summed E-state index contributed by atoms with van der Waals surface area (Å²) >= 11 is 0.913. The highest BCUT2D eigenvalue weighted by molar-refractivity contribution is 8.00. The van der Waals surface area contributed by atoms with Gasteiger partial charge in [-0.15, -0.1) is 0 Å². The molecule has 2 saturated carbocycles. The first-order valence-electron chi connectivity index (χ1n) is 7.91. The van der Waals surface area contributed by atoms with Crippen molar-refractivity contribution in [3.63, 3.8) is 0 Å². The lowest BCUT2D eigenvalue weighted by Gasteiger charge is -2.38. The van der Waals surface area contributed by atoms with Crippen LogP contribution in [0.2, 0.25) is 0 Å². The lowest BCUT2D eigenvalue weighted by molar-refractivity contribution is -0.159. The molecular weight excluding hydrogens is 299 g/mol. The van der Waals surface area contributed by atoms with Crippen LogP contribution in [0.4, 0.5) is 4.39 Å². The molecule has 22 heavy (non-hydrogen) atoms. The minimum atomic E-state index is -1.66. The maximum Gasteiger partial charge on any atom is 0.352 e. The highest BCUT2D eigenvalue weighted by Gasteiger charge is 2.63. The van der Waals surface area contributed by atoms with Gasteiger partial charge in [0, 0.05) is 10.3 Å². The zero-order valence-electron chi connectivity index (χ0n) is 13.3. The van der Waals surface area contributed by atoms with Crippen LogP contribution in [-0.4, -0.2) is 17.6 Å². The number of esters is 1. The molecule has 0 heterocycles. The molecule has 3 rings (SSSR count). The van der Waals surface area contributed by atoms with E-state index in [0.717, 1.165) is 29.5 Å². The Morgan fingerprint density at radius 1 is 1.32 bits per heavy atom. The van der Waals surface area contributed by atoms with Crippen molar-refractivity contribution in [1.29, 1.82) is 0 Å². The topological polar surface area (TPSA) is 26.3 Å². The van der Waals surface area contributed by atoms with E-state index >= 15 is 0 Å². The fraction of sp³-hybridized carbons (Fsp3) is 0.611. The van der Waals surface area contributed by atoms with Crippen molar-refractivity contribution in [2.24, 2.45) is 16.7 Å². The molecule has 2 bridgehead atoms. The first-order valence-corrected chi connectivity index (χ1v) is 8.79. The van der Waals surface area contributed by atoms with Crippen LogP contribution in [0.15, 0.2) is 35.2 Å². The summed E-state index contributed by atoms with van der Waals surface area (Å²) in [7, 11) is 0. The predicted molar refractivity (Wildman–Crippen MR) is 86.3 cm³/mol. The Morgan fingerprint density at radius 3 is 2.55 bits per heavy atom. The summed E-state index contributed by atoms with van der Waals surface area (Å²) in [4.78, 5) is 12.9. The molecule has 0 spiro atoms. The summed E-state index contributed by atoms with van der Waals surface area (Å²) in [6.07, 6.45) is 2.97. The van der Waals surface area contributed by atoms with E-state index in [0.29, 0.717) is 5.92 Å². The average molecular weight is 322 g/mol. The van der Waals surface area contributed by atoms with Crippen LogP contribution in [0.3, 0.4) is 0 Å². The van der Waals surface area contributed by atoms with Gasteiger partial charge in [0.1, 0.15) is 6.10 Å². The summed E-state index contributed by atoms with van der Waals surface area (Å²) in [6, 6.07) is 9.13. The van der Waals surface area contributed by atoms with Crippen molar-refractivity contribution < 1.29 is 13.9 Å². The van der Waals surface area contributed by atoms with Crippen LogP contribution < -0.4 is 0 Å². The summed E-state index contributed by atoms with van der Waals surface area (Å²) in [5.41, 5.74) is -1.52. The van der Waals surface area contributed by atoms with Crippen molar-refractivity contribution in [1.82, 2.24) is 0 Å². The van der Waals surface area contributed by atoms with Crippen molar-refractivity contribution in [3.8, 4) is 0 Å². The maximum absolute atomic E-state index is 14.2. The third kappa shape index (κ3) is 2.45. The van der Waals surface area contributed by atoms with Gasteiger partial charge in [-0.2, -0.15) is 0 Å². The fourth-order valence-corrected chi connectivity index (χ4v) is 4.87. The molecule has 0 N–H and O–H groups in total. The Labute approximate surface area is 135 Å². The van der Waals surface area contributed by atoms with Gasteiger partial charge in [-0.25, -0.2) is 9.18 Å². The smallest absolute Gasteiger partial charge is 0.352 e. The van der Waals surface area contributed by atoms with E-state index in [2.05, 4.69) is 20.8 Å². The monoisotopic (exact) mass is 322 g/mol. The number of halogens is 1. The van der Waals surface area contributed by atoms with Gasteiger partial charge >= 0.3 is 5.97 Å². The standard InChI is InChI=1S/C18H23FO2S/c1-17(2)12-9-10-18(17,3)14(11-12)21-16(20)15(19)22-13-7-5-4-6-8-13/h4-8,12,14-15H,9-11H2,1-3H3/t12-,14-,15?,18-/m1/s1. The Kier molecular flexibility index (Phi) is 4.00. The Morgan fingerprint density at radius 2 is 2.00 bits per heavy atom. The number of carbonyl (C=O) groups is 1. The second-order valence-electron chi connectivity index (χ2n) is 7.28. The summed E-state index contributed by atoms with van der Waals surface area (Å²) in [6.45, 7) is 6.70. The number of alkyl halides is 1. The summed E-state index contributed by atoms with van der Waals surface area (Å²) < 4.78 is 19.8. The first-order chi connectivity index (χ1) is 10.3. The third-order valence-corrected chi connectivity index (χ3v) is 7.08. The van der Waals surface area contributed by atoms with Crippen LogP contribution in [0.5, 0.6) is 0 Å².